The predicted molar refractivity (Wildman–Crippen MR) is 153 cm³/mol. The van der Waals surface area contributed by atoms with E-state index in [1.807, 2.05) is 4.90 Å². The molecule has 0 saturated carbocycles. The van der Waals surface area contributed by atoms with Crippen LogP contribution >= 0.6 is 0 Å². The molecule has 2 bridgehead atoms. The number of hydrogen-bond acceptors (Lipinski definition) is 12. The zero-order chi connectivity index (χ0) is 32.4. The lowest BCUT2D eigenvalue weighted by molar-refractivity contribution is -0.146. The van der Waals surface area contributed by atoms with Crippen molar-refractivity contribution in [2.24, 2.45) is 0 Å². The molecule has 3 unspecified atom stereocenters. The summed E-state index contributed by atoms with van der Waals surface area (Å²) in [6.45, 7) is 5.94. The number of carbonyl (C=O) groups is 5. The fraction of sp³-hybridized carbons (Fsp3) is 0.500. The van der Waals surface area contributed by atoms with Gasteiger partial charge >= 0.3 is 5.97 Å². The minimum absolute atomic E-state index is 0.00655. The van der Waals surface area contributed by atoms with E-state index in [0.29, 0.717) is 5.57 Å². The fourth-order valence-corrected chi connectivity index (χ4v) is 7.47. The maximum atomic E-state index is 14.0. The molecule has 232 valence electrons. The molecule has 1 fully saturated rings. The number of methoxy groups -OCH3 is 3. The lowest BCUT2D eigenvalue weighted by Crippen LogP contribution is -2.77. The van der Waals surface area contributed by atoms with Crippen molar-refractivity contribution >= 4 is 29.1 Å². The van der Waals surface area contributed by atoms with E-state index in [1.165, 1.54) is 35.2 Å². The second-order valence-corrected chi connectivity index (χ2v) is 11.5. The quantitative estimate of drug-likeness (QED) is 0.244. The molecule has 0 amide bonds. The van der Waals surface area contributed by atoms with Gasteiger partial charge in [-0.2, -0.15) is 5.26 Å². The van der Waals surface area contributed by atoms with Crippen LogP contribution in [0.15, 0.2) is 56.6 Å². The summed E-state index contributed by atoms with van der Waals surface area (Å²) in [6, 6.07) is -1.98. The van der Waals surface area contributed by atoms with Crippen LogP contribution in [0.4, 0.5) is 0 Å². The van der Waals surface area contributed by atoms with E-state index in [4.69, 9.17) is 18.9 Å². The van der Waals surface area contributed by atoms with Crippen molar-refractivity contribution in [2.75, 3.05) is 35.0 Å². The Hall–Kier alpha value is -4.18. The standard InChI is InChI=1S/C32H35N3O9/c1-9-13(2)32(40)44-12-19-20-16(25(36)14(3)29(41-6)27(20)38)10-17-23-21-22(26(37)15(4)30(42-7)28(21)39)31(43-8)24(34(23)5)18(11-33)35(17)19/h9,17-19,23-24,31H,10,12H2,1-8H3/b13-9-/t17?,18?,19-,23-,24+,31?/m0/s1. The van der Waals surface area contributed by atoms with Gasteiger partial charge in [-0.05, 0) is 41.2 Å². The highest BCUT2D eigenvalue weighted by molar-refractivity contribution is 6.26. The van der Waals surface area contributed by atoms with Crippen molar-refractivity contribution in [1.82, 2.24) is 9.80 Å². The molecule has 0 radical (unpaired) electrons. The highest BCUT2D eigenvalue weighted by Crippen LogP contribution is 2.49. The Morgan fingerprint density at radius 1 is 0.955 bits per heavy atom. The highest BCUT2D eigenvalue weighted by atomic mass is 16.5. The summed E-state index contributed by atoms with van der Waals surface area (Å²) in [7, 11) is 5.78. The largest absolute Gasteiger partial charge is 0.492 e. The van der Waals surface area contributed by atoms with Gasteiger partial charge in [-0.3, -0.25) is 29.0 Å². The molecule has 0 aromatic rings. The average Bonchev–Trinajstić information content (AvgIpc) is 3.01. The Morgan fingerprint density at radius 3 is 2.09 bits per heavy atom. The van der Waals surface area contributed by atoms with E-state index in [-0.39, 0.29) is 58.0 Å². The number of esters is 1. The number of rotatable bonds is 6. The van der Waals surface area contributed by atoms with Crippen LogP contribution in [0, 0.1) is 11.3 Å². The molecule has 12 heteroatoms. The number of hydrogen-bond donors (Lipinski definition) is 0. The first-order chi connectivity index (χ1) is 20.9. The first kappa shape index (κ1) is 31.3. The lowest BCUT2D eigenvalue weighted by Gasteiger charge is -2.61. The van der Waals surface area contributed by atoms with Crippen molar-refractivity contribution < 1.29 is 42.9 Å². The summed E-state index contributed by atoms with van der Waals surface area (Å²) < 4.78 is 22.3. The van der Waals surface area contributed by atoms with Crippen LogP contribution in [0.1, 0.15) is 34.1 Å². The molecule has 12 nitrogen and oxygen atoms in total. The second-order valence-electron chi connectivity index (χ2n) is 11.5. The number of ether oxygens (including phenoxy) is 4. The van der Waals surface area contributed by atoms with Crippen LogP contribution in [0.2, 0.25) is 0 Å². The van der Waals surface area contributed by atoms with E-state index in [1.54, 1.807) is 31.9 Å². The van der Waals surface area contributed by atoms with Crippen LogP contribution in [-0.2, 0) is 42.9 Å². The third-order valence-electron chi connectivity index (χ3n) is 9.62. The molecule has 6 atom stereocenters. The van der Waals surface area contributed by atoms with Crippen molar-refractivity contribution in [3.8, 4) is 6.07 Å². The highest BCUT2D eigenvalue weighted by Gasteiger charge is 2.62. The molecular weight excluding hydrogens is 570 g/mol. The van der Waals surface area contributed by atoms with Crippen molar-refractivity contribution in [1.29, 1.82) is 5.26 Å². The lowest BCUT2D eigenvalue weighted by atomic mass is 9.66. The number of fused-ring (bicyclic) bond motifs is 5. The summed E-state index contributed by atoms with van der Waals surface area (Å²) in [4.78, 5) is 71.9. The summed E-state index contributed by atoms with van der Waals surface area (Å²) in [6.07, 6.45) is 0.601. The topological polar surface area (TPSA) is 153 Å². The summed E-state index contributed by atoms with van der Waals surface area (Å²) in [5.74, 6) is -2.65. The van der Waals surface area contributed by atoms with Gasteiger partial charge in [0.15, 0.2) is 23.1 Å². The molecule has 3 heterocycles. The van der Waals surface area contributed by atoms with E-state index in [2.05, 4.69) is 6.07 Å². The molecule has 0 spiro atoms. The molecule has 5 aliphatic rings. The van der Waals surface area contributed by atoms with E-state index >= 15 is 0 Å². The number of Topliss-reactive ketones (excluding diaryl/α,β-unsaturated/α-hetero) is 4. The average molecular weight is 606 g/mol. The van der Waals surface area contributed by atoms with Gasteiger partial charge in [0.1, 0.15) is 18.8 Å². The minimum Gasteiger partial charge on any atom is -0.492 e. The molecule has 0 aromatic heterocycles. The van der Waals surface area contributed by atoms with E-state index in [9.17, 15) is 29.2 Å². The maximum absolute atomic E-state index is 14.0. The SMILES string of the molecule is C/C=C(/C)C(=O)OC[C@H]1C2=C(CC3[C@H]4C5=C(C(=O)C(C)=C(OC)C5=O)C(OC)[C@@H](C(C#N)N31)N4C)C(=O)C(C)=C(OC)C2=O. The van der Waals surface area contributed by atoms with Gasteiger partial charge in [-0.1, -0.05) is 6.08 Å². The van der Waals surface area contributed by atoms with Gasteiger partial charge in [-0.25, -0.2) is 4.79 Å². The third kappa shape index (κ3) is 4.17. The Bertz CT molecular complexity index is 1600. The van der Waals surface area contributed by atoms with Crippen LogP contribution in [-0.4, -0.2) is 110 Å². The maximum Gasteiger partial charge on any atom is 0.333 e. The van der Waals surface area contributed by atoms with Crippen molar-refractivity contribution in [2.45, 2.75) is 70.4 Å². The molecule has 1 saturated heterocycles. The van der Waals surface area contributed by atoms with Crippen LogP contribution in [0.5, 0.6) is 0 Å². The molecule has 0 N–H and O–H groups in total. The molecule has 3 aliphatic heterocycles. The van der Waals surface area contributed by atoms with E-state index in [0.717, 1.165) is 0 Å². The van der Waals surface area contributed by atoms with Gasteiger partial charge in [0, 0.05) is 52.2 Å². The summed E-state index contributed by atoms with van der Waals surface area (Å²) >= 11 is 0. The molecule has 2 aliphatic carbocycles. The molecule has 0 aromatic carbocycles. The Morgan fingerprint density at radius 2 is 1.55 bits per heavy atom. The number of carbonyl (C=O) groups excluding carboxylic acids is 5. The zero-order valence-electron chi connectivity index (χ0n) is 26.0. The minimum atomic E-state index is -1.04. The molecule has 44 heavy (non-hydrogen) atoms. The van der Waals surface area contributed by atoms with Crippen molar-refractivity contribution in [3.05, 3.63) is 56.6 Å². The molecule has 5 rings (SSSR count). The number of likely N-dealkylation sites (N-methyl/N-ethyl adjacent to an activating group) is 1. The number of nitriles is 1. The monoisotopic (exact) mass is 605 g/mol. The van der Waals surface area contributed by atoms with Crippen molar-refractivity contribution in [3.63, 3.8) is 0 Å². The Labute approximate surface area is 255 Å². The van der Waals surface area contributed by atoms with Gasteiger partial charge < -0.3 is 18.9 Å². The second kappa shape index (κ2) is 11.4. The number of ketones is 4. The fourth-order valence-electron chi connectivity index (χ4n) is 7.47. The van der Waals surface area contributed by atoms with Crippen LogP contribution in [0.3, 0.4) is 0 Å². The Kier molecular flexibility index (Phi) is 8.09. The first-order valence-corrected chi connectivity index (χ1v) is 14.3. The van der Waals surface area contributed by atoms with Gasteiger partial charge in [0.2, 0.25) is 11.6 Å². The van der Waals surface area contributed by atoms with E-state index < -0.39 is 65.4 Å². The summed E-state index contributed by atoms with van der Waals surface area (Å²) in [5, 5.41) is 10.7. The van der Waals surface area contributed by atoms with Gasteiger partial charge in [0.05, 0.1) is 38.4 Å². The molecular formula is C32H35N3O9. The van der Waals surface area contributed by atoms with Crippen LogP contribution < -0.4 is 0 Å². The normalized spacial score (nSPS) is 31.1. The zero-order valence-corrected chi connectivity index (χ0v) is 26.0. The first-order valence-electron chi connectivity index (χ1n) is 14.3. The smallest absolute Gasteiger partial charge is 0.333 e. The Balaban J connectivity index is 1.75. The number of allylic oxidation sites excluding steroid dienone is 5. The number of piperazine rings is 1. The third-order valence-corrected chi connectivity index (χ3v) is 9.62. The van der Waals surface area contributed by atoms with Gasteiger partial charge in [-0.15, -0.1) is 0 Å². The van der Waals surface area contributed by atoms with Crippen LogP contribution in [0.25, 0.3) is 0 Å². The van der Waals surface area contributed by atoms with Gasteiger partial charge in [0.25, 0.3) is 0 Å². The number of nitrogens with zero attached hydrogens (tertiary/aromatic N) is 3. The summed E-state index contributed by atoms with van der Waals surface area (Å²) in [5.41, 5.74) is 1.24. The predicted octanol–water partition coefficient (Wildman–Crippen LogP) is 1.28.